The molecule has 0 unspecified atom stereocenters. The maximum atomic E-state index is 7.91. The van der Waals surface area contributed by atoms with Crippen molar-refractivity contribution in [2.24, 2.45) is 13.5 Å². The van der Waals surface area contributed by atoms with Gasteiger partial charge >= 0.3 is 23.0 Å². The van der Waals surface area contributed by atoms with E-state index in [0.29, 0.717) is 34.5 Å². The van der Waals surface area contributed by atoms with Gasteiger partial charge in [-0.05, 0) is 174 Å². The van der Waals surface area contributed by atoms with E-state index in [1.807, 2.05) is 36.4 Å². The minimum absolute atomic E-state index is 0.471. The molecule has 12 aromatic carbocycles. The lowest BCUT2D eigenvalue weighted by Crippen LogP contribution is -2.16. The third kappa shape index (κ3) is 14.9. The van der Waals surface area contributed by atoms with Crippen LogP contribution in [0.15, 0.2) is 196 Å². The first-order chi connectivity index (χ1) is 51.0. The Morgan fingerprint density at radius 3 is 0.491 bits per heavy atom. The molecule has 4 heterocycles. The highest BCUT2D eigenvalue weighted by Gasteiger charge is 2.52. The van der Waals surface area contributed by atoms with Crippen molar-refractivity contribution in [3.63, 3.8) is 0 Å². The van der Waals surface area contributed by atoms with Gasteiger partial charge in [-0.3, -0.25) is 0 Å². The second kappa shape index (κ2) is 26.3. The standard InChI is InChI=1S/C90H84N3O6P3Si6/c1-103(2,3)49-43-61-19-31-73-67(55-61)25-37-79-85(73)86-74-32-20-62(44-50-104(4,5)6)56-68(74)26-38-80(86)95-100(94-79)91-101(96-81-39-27-69-57-63(45-51-105(7,8)9)21-33-75(69)87(81)88-76-34-22-64(46-52-106(10,11)12)58-70(76)28-40-82(88)97-101)93-102(92-100)98-83-41-29-71-59-65(47-53-107(13,14)15)23-35-77(71)89(83)90-78-36-24-66(48-54-108(16,17)18)60-72(78)30-42-84(90)99-102/h19-42,55-60H,1-18H3. The van der Waals surface area contributed by atoms with E-state index in [9.17, 15) is 0 Å². The molecule has 16 rings (SSSR count). The van der Waals surface area contributed by atoms with Gasteiger partial charge in [0.1, 0.15) is 82.9 Å². The molecule has 0 atom stereocenters. The molecular formula is C90H84N3O6P3Si6. The zero-order valence-electron chi connectivity index (χ0n) is 64.5. The van der Waals surface area contributed by atoms with Crippen LogP contribution in [0.3, 0.4) is 0 Å². The number of hydrogen-bond donors (Lipinski definition) is 0. The second-order valence-electron chi connectivity index (χ2n) is 34.5. The molecule has 0 amide bonds. The molecular weight excluding hydrogens is 1480 g/mol. The van der Waals surface area contributed by atoms with Crippen molar-refractivity contribution >= 4 is 136 Å². The van der Waals surface area contributed by atoms with Crippen LogP contribution in [-0.2, 0) is 0 Å². The van der Waals surface area contributed by atoms with Crippen molar-refractivity contribution in [3.8, 4) is 137 Å². The predicted octanol–water partition coefficient (Wildman–Crippen LogP) is 26.5. The fourth-order valence-electron chi connectivity index (χ4n) is 13.4. The van der Waals surface area contributed by atoms with Gasteiger partial charge in [-0.25, -0.2) is 0 Å². The molecule has 4 aliphatic heterocycles. The minimum Gasteiger partial charge on any atom is -0.413 e. The average molecular weight is 1570 g/mol. The van der Waals surface area contributed by atoms with Gasteiger partial charge < -0.3 is 27.1 Å². The highest BCUT2D eigenvalue weighted by molar-refractivity contribution is 7.79. The highest BCUT2D eigenvalue weighted by Crippen LogP contribution is 2.82. The molecule has 18 heteroatoms. The van der Waals surface area contributed by atoms with Crippen LogP contribution in [0.1, 0.15) is 33.4 Å². The molecule has 0 bridgehead atoms. The fourth-order valence-corrected chi connectivity index (χ4v) is 25.7. The SMILES string of the molecule is C[Si](C)(C)C#Cc1ccc2c3c(ccc2c1)OP1(=NP2(=NP4(=N1)Oc1ccc5cc(C#C[Si](C)(C)C)ccc5c1-c1c(ccc5cc(C#C[Si](C)(C)C)ccc15)O4)Oc1ccc4cc(C#C[Si](C)(C)C)ccc4c1-c1c(ccc4cc(C#C[Si](C)(C)C)ccc14)O2)Oc1ccc2cc(C#C[Si](C)(C)C)ccc2c1-3. The van der Waals surface area contributed by atoms with Crippen molar-refractivity contribution in [3.05, 3.63) is 215 Å². The number of fused-ring (bicyclic) bond motifs is 21. The van der Waals surface area contributed by atoms with Gasteiger partial charge in [-0.15, -0.1) is 33.3 Å². The van der Waals surface area contributed by atoms with Crippen LogP contribution in [0, 0.1) is 68.8 Å². The smallest absolute Gasteiger partial charge is 0.413 e. The Bertz CT molecular complexity index is 5600. The second-order valence-corrected chi connectivity index (χ2v) is 69.2. The van der Waals surface area contributed by atoms with Crippen LogP contribution < -0.4 is 27.1 Å². The van der Waals surface area contributed by atoms with Gasteiger partial charge in [-0.1, -0.05) is 240 Å². The van der Waals surface area contributed by atoms with E-state index in [-0.39, 0.29) is 0 Å². The highest BCUT2D eigenvalue weighted by atomic mass is 31.3. The van der Waals surface area contributed by atoms with Crippen LogP contribution in [0.2, 0.25) is 118 Å². The first-order valence-corrected chi connectivity index (χ1v) is 62.3. The van der Waals surface area contributed by atoms with Gasteiger partial charge in [0.05, 0.1) is 0 Å². The summed E-state index contributed by atoms with van der Waals surface area (Å²) in [5, 5.41) is 11.3. The molecule has 0 aliphatic carbocycles. The lowest BCUT2D eigenvalue weighted by molar-refractivity contribution is 0.451. The van der Waals surface area contributed by atoms with Crippen LogP contribution in [0.4, 0.5) is 0 Å². The van der Waals surface area contributed by atoms with E-state index in [2.05, 4.69) is 332 Å². The Morgan fingerprint density at radius 1 is 0.204 bits per heavy atom. The number of hydrogen-bond acceptors (Lipinski definition) is 9. The van der Waals surface area contributed by atoms with Gasteiger partial charge in [-0.2, -0.15) is 0 Å². The van der Waals surface area contributed by atoms with Gasteiger partial charge in [0, 0.05) is 66.8 Å². The quantitative estimate of drug-likeness (QED) is 0.0853. The van der Waals surface area contributed by atoms with E-state index in [1.165, 1.54) is 0 Å². The summed E-state index contributed by atoms with van der Waals surface area (Å²) >= 11 is 0. The molecule has 0 radical (unpaired) electrons. The first-order valence-electron chi connectivity index (χ1n) is 36.7. The van der Waals surface area contributed by atoms with Crippen LogP contribution in [-0.4, -0.2) is 48.4 Å². The monoisotopic (exact) mass is 1560 g/mol. The minimum atomic E-state index is -4.41. The third-order valence-electron chi connectivity index (χ3n) is 18.1. The fraction of sp³-hybridized carbons (Fsp3) is 0.200. The number of benzene rings is 12. The Kier molecular flexibility index (Phi) is 17.7. The molecule has 534 valence electrons. The molecule has 12 aromatic rings. The zero-order valence-corrected chi connectivity index (χ0v) is 73.1. The van der Waals surface area contributed by atoms with E-state index in [0.717, 1.165) is 131 Å². The molecule has 0 saturated carbocycles. The van der Waals surface area contributed by atoms with Crippen molar-refractivity contribution in [1.29, 1.82) is 0 Å². The van der Waals surface area contributed by atoms with Crippen LogP contribution in [0.25, 0.3) is 98.0 Å². The normalized spacial score (nSPS) is 14.8. The summed E-state index contributed by atoms with van der Waals surface area (Å²) in [7, 11) is -23.7. The molecule has 0 saturated heterocycles. The molecule has 0 N–H and O–H groups in total. The summed E-state index contributed by atoms with van der Waals surface area (Å²) in [6.45, 7) is 40.7. The van der Waals surface area contributed by atoms with Gasteiger partial charge in [0.2, 0.25) is 0 Å². The summed E-state index contributed by atoms with van der Waals surface area (Å²) in [5.41, 5.74) is 31.9. The van der Waals surface area contributed by atoms with Gasteiger partial charge in [0.15, 0.2) is 0 Å². The topological polar surface area (TPSA) is 92.5 Å². The number of nitrogens with zero attached hydrogens (tertiary/aromatic N) is 3. The summed E-state index contributed by atoms with van der Waals surface area (Å²) in [6.07, 6.45) is 0. The molecule has 0 aromatic heterocycles. The van der Waals surface area contributed by atoms with E-state index >= 15 is 0 Å². The molecule has 108 heavy (non-hydrogen) atoms. The number of rotatable bonds is 0. The van der Waals surface area contributed by atoms with Gasteiger partial charge in [0.25, 0.3) is 0 Å². The Labute approximate surface area is 641 Å². The molecule has 4 aliphatic rings. The maximum absolute atomic E-state index is 7.91. The van der Waals surface area contributed by atoms with Crippen LogP contribution >= 0.6 is 23.0 Å². The van der Waals surface area contributed by atoms with Crippen LogP contribution in [0.5, 0.6) is 34.5 Å². The molecule has 3 spiro atoms. The van der Waals surface area contributed by atoms with E-state index in [1.54, 1.807) is 0 Å². The van der Waals surface area contributed by atoms with Crippen molar-refractivity contribution in [2.45, 2.75) is 118 Å². The Balaban J connectivity index is 1.02. The lowest BCUT2D eigenvalue weighted by atomic mass is 9.91. The Morgan fingerprint density at radius 2 is 0.352 bits per heavy atom. The van der Waals surface area contributed by atoms with E-state index < -0.39 is 71.4 Å². The van der Waals surface area contributed by atoms with Crippen molar-refractivity contribution in [2.75, 3.05) is 0 Å². The first kappa shape index (κ1) is 72.5. The molecule has 0 fully saturated rings. The van der Waals surface area contributed by atoms with E-state index in [4.69, 9.17) is 40.7 Å². The van der Waals surface area contributed by atoms with Crippen molar-refractivity contribution < 1.29 is 27.1 Å². The summed E-state index contributed by atoms with van der Waals surface area (Å²) in [6, 6.07) is 63.2. The Hall–Kier alpha value is -9.65. The summed E-state index contributed by atoms with van der Waals surface area (Å²) < 4.78 is 65.2. The third-order valence-corrected chi connectivity index (χ3v) is 31.4. The lowest BCUT2D eigenvalue weighted by Gasteiger charge is -2.31. The average Bonchev–Trinajstić information content (AvgIpc) is 1.51. The van der Waals surface area contributed by atoms with Crippen molar-refractivity contribution in [1.82, 2.24) is 0 Å². The largest absolute Gasteiger partial charge is 0.460 e. The molecule has 9 nitrogen and oxygen atoms in total. The maximum Gasteiger partial charge on any atom is 0.460 e. The summed E-state index contributed by atoms with van der Waals surface area (Å²) in [5.74, 6) is 24.0. The predicted molar refractivity (Wildman–Crippen MR) is 474 cm³/mol. The zero-order chi connectivity index (χ0) is 75.9. The summed E-state index contributed by atoms with van der Waals surface area (Å²) in [4.78, 5) is 0.